The molecule has 4 aromatic heterocycles. The molecule has 1 aliphatic rings. The van der Waals surface area contributed by atoms with Gasteiger partial charge in [0.2, 0.25) is 5.95 Å². The van der Waals surface area contributed by atoms with Gasteiger partial charge in [0.25, 0.3) is 11.1 Å². The van der Waals surface area contributed by atoms with Crippen LogP contribution in [0.5, 0.6) is 0 Å². The van der Waals surface area contributed by atoms with E-state index in [4.69, 9.17) is 23.2 Å². The zero-order valence-corrected chi connectivity index (χ0v) is 28.9. The molecule has 262 valence electrons. The van der Waals surface area contributed by atoms with Gasteiger partial charge in [-0.1, -0.05) is 86.2 Å². The highest BCUT2D eigenvalue weighted by Gasteiger charge is 2.20. The first kappa shape index (κ1) is 38.5. The first-order chi connectivity index (χ1) is 23.1. The average Bonchev–Trinajstić information content (AvgIpc) is 3.10. The number of thioether (sulfide) groups is 1. The number of halogens is 2. The van der Waals surface area contributed by atoms with Crippen molar-refractivity contribution in [2.75, 3.05) is 11.6 Å². The minimum Gasteiger partial charge on any atom is -0.393 e. The Morgan fingerprint density at radius 2 is 1.22 bits per heavy atom. The third-order valence-electron chi connectivity index (χ3n) is 8.42. The number of benzene rings is 2. The van der Waals surface area contributed by atoms with Gasteiger partial charge in [-0.25, -0.2) is 15.0 Å². The van der Waals surface area contributed by atoms with Crippen LogP contribution in [0.1, 0.15) is 40.5 Å². The number of hydrogen-bond acceptors (Lipinski definition) is 9. The Kier molecular flexibility index (Phi) is 12.8. The molecule has 0 saturated heterocycles. The van der Waals surface area contributed by atoms with Crippen LogP contribution in [0.15, 0.2) is 87.8 Å². The van der Waals surface area contributed by atoms with E-state index in [-0.39, 0.29) is 38.1 Å². The van der Waals surface area contributed by atoms with Gasteiger partial charge in [0.1, 0.15) is 11.3 Å². The van der Waals surface area contributed by atoms with Crippen molar-refractivity contribution in [1.29, 1.82) is 0 Å². The van der Waals surface area contributed by atoms with Crippen molar-refractivity contribution in [3.63, 3.8) is 0 Å². The zero-order valence-electron chi connectivity index (χ0n) is 26.5. The normalized spacial score (nSPS) is 15.4. The number of pyridine rings is 2. The molecule has 0 unspecified atom stereocenters. The van der Waals surface area contributed by atoms with E-state index in [1.807, 2.05) is 42.7 Å². The van der Waals surface area contributed by atoms with E-state index in [0.717, 1.165) is 42.0 Å². The second-order valence-corrected chi connectivity index (χ2v) is 13.1. The molecule has 10 nitrogen and oxygen atoms in total. The summed E-state index contributed by atoms with van der Waals surface area (Å²) in [4.78, 5) is 43.1. The van der Waals surface area contributed by atoms with Crippen molar-refractivity contribution in [1.82, 2.24) is 29.1 Å². The number of aryl methyl sites for hydroxylation is 2. The fourth-order valence-corrected chi connectivity index (χ4v) is 6.60. The van der Waals surface area contributed by atoms with Gasteiger partial charge in [0.15, 0.2) is 5.16 Å². The summed E-state index contributed by atoms with van der Waals surface area (Å²) in [6.45, 7) is 0. The third kappa shape index (κ3) is 8.02. The summed E-state index contributed by atoms with van der Waals surface area (Å²) in [7, 11) is 3.42. The summed E-state index contributed by atoms with van der Waals surface area (Å²) in [5.41, 5.74) is 3.42. The van der Waals surface area contributed by atoms with Crippen LogP contribution in [0.3, 0.4) is 0 Å². The summed E-state index contributed by atoms with van der Waals surface area (Å²) >= 11 is 13.9. The van der Waals surface area contributed by atoms with Crippen molar-refractivity contribution in [3.05, 3.63) is 104 Å². The predicted molar refractivity (Wildman–Crippen MR) is 208 cm³/mol. The lowest BCUT2D eigenvalue weighted by molar-refractivity contribution is 0.126. The van der Waals surface area contributed by atoms with Gasteiger partial charge in [-0.3, -0.25) is 18.7 Å². The van der Waals surface area contributed by atoms with E-state index in [1.165, 1.54) is 20.9 Å². The number of hydrogen-bond donors (Lipinski definition) is 2. The number of fused-ring (bicyclic) bond motifs is 2. The summed E-state index contributed by atoms with van der Waals surface area (Å²) in [5.74, 6) is 0.504. The summed E-state index contributed by atoms with van der Waals surface area (Å²) in [6.07, 6.45) is 8.48. The number of anilines is 1. The van der Waals surface area contributed by atoms with Crippen LogP contribution >= 0.6 is 35.0 Å². The molecule has 0 aliphatic heterocycles. The Bertz CT molecular complexity index is 2250. The number of nitrogens with zero attached hydrogens (tertiary/aromatic N) is 6. The molecule has 0 amide bonds. The lowest BCUT2D eigenvalue weighted by Crippen LogP contribution is -2.29. The Balaban J connectivity index is 0.000000222. The fraction of sp³-hybridized carbons (Fsp3) is 0.297. The van der Waals surface area contributed by atoms with Crippen LogP contribution in [-0.4, -0.2) is 52.6 Å². The SMILES string of the molecule is C.C.CSc1ncc2cc(-c3ccccc3Cl)c(=O)n(C)c2n1.Cn1c(=O)c(-c2ccccc2Cl)cc2cnc(NC3CCC(O)CC3)nc21. The molecule has 7 rings (SSSR count). The standard InChI is InChI=1S/C20H21ClN4O2.C15H12ClN3OS.2CH4/c1-25-18-12(10-16(19(25)27)15-4-2-3-5-17(15)21)11-22-20(24-18)23-13-6-8-14(26)9-7-13;1-19-13-9(8-17-15(18-13)21-2)7-11(14(19)20)10-5-3-4-6-12(10)16;;/h2-5,10-11,13-14,26H,6-9H2,1H3,(H,22,23,24);3-8H,1-2H3;2*1H4. The van der Waals surface area contributed by atoms with Crippen molar-refractivity contribution in [2.24, 2.45) is 14.1 Å². The Hall–Kier alpha value is -4.29. The molecule has 6 aromatic rings. The maximum absolute atomic E-state index is 12.9. The average molecular weight is 735 g/mol. The number of aliphatic hydroxyl groups is 1. The highest BCUT2D eigenvalue weighted by molar-refractivity contribution is 7.98. The number of nitrogens with one attached hydrogen (secondary N) is 1. The van der Waals surface area contributed by atoms with Crippen molar-refractivity contribution in [3.8, 4) is 22.3 Å². The van der Waals surface area contributed by atoms with Gasteiger partial charge in [0.05, 0.1) is 6.10 Å². The molecule has 50 heavy (non-hydrogen) atoms. The molecule has 13 heteroatoms. The molecule has 1 saturated carbocycles. The van der Waals surface area contributed by atoms with Crippen LogP contribution < -0.4 is 16.4 Å². The highest BCUT2D eigenvalue weighted by Crippen LogP contribution is 2.29. The Morgan fingerprint density at radius 1 is 0.740 bits per heavy atom. The smallest absolute Gasteiger partial charge is 0.259 e. The zero-order chi connectivity index (χ0) is 33.9. The van der Waals surface area contributed by atoms with E-state index >= 15 is 0 Å². The number of aromatic nitrogens is 6. The predicted octanol–water partition coefficient (Wildman–Crippen LogP) is 8.01. The van der Waals surface area contributed by atoms with Crippen molar-refractivity contribution in [2.45, 2.75) is 57.8 Å². The molecule has 0 bridgehead atoms. The monoisotopic (exact) mass is 733 g/mol. The second kappa shape index (κ2) is 16.6. The van der Waals surface area contributed by atoms with E-state index in [0.29, 0.717) is 49.1 Å². The van der Waals surface area contributed by atoms with E-state index < -0.39 is 0 Å². The van der Waals surface area contributed by atoms with Crippen LogP contribution in [0, 0.1) is 0 Å². The molecule has 0 spiro atoms. The van der Waals surface area contributed by atoms with Gasteiger partial charge >= 0.3 is 0 Å². The second-order valence-electron chi connectivity index (χ2n) is 11.6. The summed E-state index contributed by atoms with van der Waals surface area (Å²) in [5, 5.41) is 16.3. The van der Waals surface area contributed by atoms with Gasteiger partial charge in [-0.2, -0.15) is 4.98 Å². The maximum atomic E-state index is 12.9. The number of aliphatic hydroxyl groups excluding tert-OH is 1. The van der Waals surface area contributed by atoms with E-state index in [2.05, 4.69) is 25.3 Å². The molecular formula is C37H41Cl2N7O3S. The van der Waals surface area contributed by atoms with Gasteiger partial charge in [0, 0.05) is 75.6 Å². The number of rotatable bonds is 5. The first-order valence-corrected chi connectivity index (χ1v) is 17.3. The maximum Gasteiger partial charge on any atom is 0.259 e. The van der Waals surface area contributed by atoms with E-state index in [1.54, 1.807) is 50.8 Å². The lowest BCUT2D eigenvalue weighted by Gasteiger charge is -2.26. The lowest BCUT2D eigenvalue weighted by atomic mass is 9.93. The molecule has 2 aromatic carbocycles. The van der Waals surface area contributed by atoms with Crippen molar-refractivity contribution < 1.29 is 5.11 Å². The topological polar surface area (TPSA) is 128 Å². The third-order valence-corrected chi connectivity index (χ3v) is 9.64. The molecule has 1 aliphatic carbocycles. The van der Waals surface area contributed by atoms with Crippen LogP contribution in [0.2, 0.25) is 10.0 Å². The van der Waals surface area contributed by atoms with Crippen LogP contribution in [-0.2, 0) is 14.1 Å². The minimum atomic E-state index is -0.204. The van der Waals surface area contributed by atoms with Crippen LogP contribution in [0.4, 0.5) is 5.95 Å². The molecule has 1 fully saturated rings. The quantitative estimate of drug-likeness (QED) is 0.134. The largest absolute Gasteiger partial charge is 0.393 e. The van der Waals surface area contributed by atoms with Crippen molar-refractivity contribution >= 4 is 63.0 Å². The molecular weight excluding hydrogens is 693 g/mol. The summed E-state index contributed by atoms with van der Waals surface area (Å²) in [6, 6.07) is 18.4. The minimum absolute atomic E-state index is 0. The molecule has 0 atom stereocenters. The molecule has 4 heterocycles. The summed E-state index contributed by atoms with van der Waals surface area (Å²) < 4.78 is 3.07. The Morgan fingerprint density at radius 3 is 1.72 bits per heavy atom. The van der Waals surface area contributed by atoms with Gasteiger partial charge in [-0.15, -0.1) is 0 Å². The molecule has 0 radical (unpaired) electrons. The highest BCUT2D eigenvalue weighted by atomic mass is 35.5. The Labute approximate surface area is 305 Å². The van der Waals surface area contributed by atoms with Gasteiger partial charge in [-0.05, 0) is 56.2 Å². The molecule has 2 N–H and O–H groups in total. The first-order valence-electron chi connectivity index (χ1n) is 15.4. The van der Waals surface area contributed by atoms with E-state index in [9.17, 15) is 14.7 Å². The fourth-order valence-electron chi connectivity index (χ4n) is 5.79. The van der Waals surface area contributed by atoms with Gasteiger partial charge < -0.3 is 10.4 Å². The van der Waals surface area contributed by atoms with Crippen LogP contribution in [0.25, 0.3) is 44.3 Å².